The summed E-state index contributed by atoms with van der Waals surface area (Å²) in [6.07, 6.45) is 0.785. The highest BCUT2D eigenvalue weighted by Crippen LogP contribution is 2.19. The Balaban J connectivity index is 2.22. The zero-order chi connectivity index (χ0) is 7.84. The van der Waals surface area contributed by atoms with Crippen molar-refractivity contribution < 1.29 is 9.90 Å². The van der Waals surface area contributed by atoms with Crippen molar-refractivity contribution in [3.8, 4) is 0 Å². The Morgan fingerprint density at radius 3 is 3.18 bits per heavy atom. The molecule has 0 saturated heterocycles. The molecule has 0 spiro atoms. The summed E-state index contributed by atoms with van der Waals surface area (Å²) in [6, 6.07) is 0. The van der Waals surface area contributed by atoms with Gasteiger partial charge < -0.3 is 5.11 Å². The number of hydrogen-bond donors (Lipinski definition) is 2. The molecular formula is C6H7N3O2. The van der Waals surface area contributed by atoms with Gasteiger partial charge in [0.05, 0.1) is 25.0 Å². The second kappa shape index (κ2) is 1.98. The summed E-state index contributed by atoms with van der Waals surface area (Å²) < 4.78 is 0. The van der Waals surface area contributed by atoms with Crippen LogP contribution >= 0.6 is 0 Å². The van der Waals surface area contributed by atoms with Gasteiger partial charge in [-0.15, -0.1) is 0 Å². The zero-order valence-corrected chi connectivity index (χ0v) is 5.74. The minimum absolute atomic E-state index is 0.435. The number of amides is 1. The number of carboxylic acid groups (broad SMARTS) is 1. The number of H-pyrrole nitrogens is 1. The second-order valence-electron chi connectivity index (χ2n) is 2.51. The smallest absolute Gasteiger partial charge is 0.407 e. The maximum absolute atomic E-state index is 10.5. The fraction of sp³-hybridized carbons (Fsp3) is 0.333. The molecule has 5 heteroatoms. The lowest BCUT2D eigenvalue weighted by Gasteiger charge is -2.08. The number of aromatic amines is 1. The summed E-state index contributed by atoms with van der Waals surface area (Å²) in [7, 11) is 0. The monoisotopic (exact) mass is 153 g/mol. The number of rotatable bonds is 0. The lowest BCUT2D eigenvalue weighted by atomic mass is 10.3. The lowest BCUT2D eigenvalue weighted by Crippen LogP contribution is -2.23. The Bertz CT molecular complexity index is 273. The fourth-order valence-electron chi connectivity index (χ4n) is 1.20. The maximum Gasteiger partial charge on any atom is 0.407 e. The van der Waals surface area contributed by atoms with Gasteiger partial charge in [-0.05, 0) is 0 Å². The fourth-order valence-corrected chi connectivity index (χ4v) is 1.20. The largest absolute Gasteiger partial charge is 0.465 e. The van der Waals surface area contributed by atoms with Gasteiger partial charge in [-0.1, -0.05) is 0 Å². The van der Waals surface area contributed by atoms with Crippen molar-refractivity contribution in [1.29, 1.82) is 0 Å². The summed E-state index contributed by atoms with van der Waals surface area (Å²) >= 11 is 0. The molecule has 11 heavy (non-hydrogen) atoms. The first-order chi connectivity index (χ1) is 5.27. The van der Waals surface area contributed by atoms with Gasteiger partial charge in [0.25, 0.3) is 0 Å². The molecule has 2 N–H and O–H groups in total. The SMILES string of the molecule is O=C(O)N1Cc2cn[nH]c2C1. The Morgan fingerprint density at radius 2 is 2.55 bits per heavy atom. The molecule has 1 aromatic heterocycles. The van der Waals surface area contributed by atoms with Crippen LogP contribution in [0.3, 0.4) is 0 Å². The number of nitrogens with zero attached hydrogens (tertiary/aromatic N) is 2. The first-order valence-electron chi connectivity index (χ1n) is 3.26. The third-order valence-electron chi connectivity index (χ3n) is 1.79. The molecule has 0 radical (unpaired) electrons. The first-order valence-corrected chi connectivity index (χ1v) is 3.26. The minimum Gasteiger partial charge on any atom is -0.465 e. The minimum atomic E-state index is -0.880. The van der Waals surface area contributed by atoms with E-state index in [0.717, 1.165) is 11.3 Å². The summed E-state index contributed by atoms with van der Waals surface area (Å²) in [5, 5.41) is 15.1. The molecule has 2 rings (SSSR count). The van der Waals surface area contributed by atoms with Crippen molar-refractivity contribution in [1.82, 2.24) is 15.1 Å². The molecule has 0 atom stereocenters. The van der Waals surface area contributed by atoms with Crippen LogP contribution in [0.1, 0.15) is 11.3 Å². The van der Waals surface area contributed by atoms with Gasteiger partial charge in [0.15, 0.2) is 0 Å². The zero-order valence-electron chi connectivity index (χ0n) is 5.74. The van der Waals surface area contributed by atoms with Gasteiger partial charge in [0.2, 0.25) is 0 Å². The number of aromatic nitrogens is 2. The third kappa shape index (κ3) is 0.849. The quantitative estimate of drug-likeness (QED) is 0.567. The molecule has 0 saturated carbocycles. The van der Waals surface area contributed by atoms with Crippen LogP contribution in [-0.4, -0.2) is 26.3 Å². The predicted molar refractivity (Wildman–Crippen MR) is 35.9 cm³/mol. The van der Waals surface area contributed by atoms with Crippen LogP contribution in [0.15, 0.2) is 6.20 Å². The highest BCUT2D eigenvalue weighted by molar-refractivity contribution is 5.66. The molecule has 5 nitrogen and oxygen atoms in total. The van der Waals surface area contributed by atoms with Crippen molar-refractivity contribution in [2.45, 2.75) is 13.1 Å². The lowest BCUT2D eigenvalue weighted by molar-refractivity contribution is 0.144. The Labute approximate surface area is 62.6 Å². The number of carbonyl (C=O) groups is 1. The Kier molecular flexibility index (Phi) is 1.12. The first kappa shape index (κ1) is 6.21. The van der Waals surface area contributed by atoms with Gasteiger partial charge in [-0.2, -0.15) is 5.10 Å². The van der Waals surface area contributed by atoms with E-state index >= 15 is 0 Å². The van der Waals surface area contributed by atoms with Crippen molar-refractivity contribution in [3.63, 3.8) is 0 Å². The van der Waals surface area contributed by atoms with Gasteiger partial charge in [0, 0.05) is 5.56 Å². The van der Waals surface area contributed by atoms with E-state index in [2.05, 4.69) is 10.2 Å². The summed E-state index contributed by atoms with van der Waals surface area (Å²) in [6.45, 7) is 0.895. The molecule has 58 valence electrons. The standard InChI is InChI=1S/C6H7N3O2/c10-6(11)9-2-4-1-7-8-5(4)3-9/h1H,2-3H2,(H,7,8)(H,10,11). The van der Waals surface area contributed by atoms with Gasteiger partial charge in [-0.25, -0.2) is 4.79 Å². The van der Waals surface area contributed by atoms with E-state index in [1.807, 2.05) is 0 Å². The molecule has 0 unspecified atom stereocenters. The van der Waals surface area contributed by atoms with Crippen LogP contribution in [0.25, 0.3) is 0 Å². The molecule has 1 aromatic rings. The summed E-state index contributed by atoms with van der Waals surface area (Å²) in [5.74, 6) is 0. The van der Waals surface area contributed by atoms with Crippen LogP contribution in [0, 0.1) is 0 Å². The van der Waals surface area contributed by atoms with E-state index in [4.69, 9.17) is 5.11 Å². The highest BCUT2D eigenvalue weighted by Gasteiger charge is 2.23. The van der Waals surface area contributed by atoms with Crippen LogP contribution in [-0.2, 0) is 13.1 Å². The molecule has 0 fully saturated rings. The van der Waals surface area contributed by atoms with Crippen molar-refractivity contribution in [2.24, 2.45) is 0 Å². The van der Waals surface area contributed by atoms with Gasteiger partial charge in [-0.3, -0.25) is 10.00 Å². The molecule has 1 aliphatic heterocycles. The van der Waals surface area contributed by atoms with E-state index in [1.165, 1.54) is 4.90 Å². The molecule has 1 amide bonds. The predicted octanol–water partition coefficient (Wildman–Crippen LogP) is 0.403. The van der Waals surface area contributed by atoms with E-state index in [-0.39, 0.29) is 0 Å². The maximum atomic E-state index is 10.5. The van der Waals surface area contributed by atoms with Gasteiger partial charge >= 0.3 is 6.09 Å². The molecule has 1 aliphatic rings. The van der Waals surface area contributed by atoms with Crippen LogP contribution in [0.5, 0.6) is 0 Å². The molecule has 0 aromatic carbocycles. The third-order valence-corrected chi connectivity index (χ3v) is 1.79. The van der Waals surface area contributed by atoms with E-state index < -0.39 is 6.09 Å². The van der Waals surface area contributed by atoms with Gasteiger partial charge in [0.1, 0.15) is 0 Å². The molecule has 2 heterocycles. The van der Waals surface area contributed by atoms with Crippen LogP contribution in [0.2, 0.25) is 0 Å². The molecule has 0 bridgehead atoms. The van der Waals surface area contributed by atoms with Crippen molar-refractivity contribution in [2.75, 3.05) is 0 Å². The van der Waals surface area contributed by atoms with E-state index in [0.29, 0.717) is 13.1 Å². The van der Waals surface area contributed by atoms with Crippen LogP contribution in [0.4, 0.5) is 4.79 Å². The highest BCUT2D eigenvalue weighted by atomic mass is 16.4. The topological polar surface area (TPSA) is 69.2 Å². The number of nitrogens with one attached hydrogen (secondary N) is 1. The Morgan fingerprint density at radius 1 is 1.73 bits per heavy atom. The Hall–Kier alpha value is -1.52. The average molecular weight is 153 g/mol. The van der Waals surface area contributed by atoms with E-state index in [1.54, 1.807) is 6.20 Å². The summed E-state index contributed by atoms with van der Waals surface area (Å²) in [5.41, 5.74) is 1.89. The number of hydrogen-bond acceptors (Lipinski definition) is 2. The normalized spacial score (nSPS) is 15.1. The van der Waals surface area contributed by atoms with E-state index in [9.17, 15) is 4.79 Å². The second-order valence-corrected chi connectivity index (χ2v) is 2.51. The average Bonchev–Trinajstić information content (AvgIpc) is 2.40. The number of fused-ring (bicyclic) bond motifs is 1. The van der Waals surface area contributed by atoms with Crippen molar-refractivity contribution in [3.05, 3.63) is 17.5 Å². The van der Waals surface area contributed by atoms with Crippen LogP contribution < -0.4 is 0 Å². The van der Waals surface area contributed by atoms with Crippen molar-refractivity contribution >= 4 is 6.09 Å². The molecular weight excluding hydrogens is 146 g/mol. The summed E-state index contributed by atoms with van der Waals surface area (Å²) in [4.78, 5) is 11.8. The molecule has 0 aliphatic carbocycles.